The number of nitrogens with zero attached hydrogens (tertiary/aromatic N) is 1. The van der Waals surface area contributed by atoms with Crippen molar-refractivity contribution >= 4 is 21.6 Å². The largest absolute Gasteiger partial charge is 0.348 e. The van der Waals surface area contributed by atoms with Gasteiger partial charge in [0.1, 0.15) is 6.54 Å². The molecule has 0 unspecified atom stereocenters. The van der Waals surface area contributed by atoms with Crippen molar-refractivity contribution < 1.29 is 13.2 Å². The number of anilines is 1. The zero-order valence-electron chi connectivity index (χ0n) is 19.3. The predicted molar refractivity (Wildman–Crippen MR) is 132 cm³/mol. The van der Waals surface area contributed by atoms with Gasteiger partial charge >= 0.3 is 0 Å². The molecule has 0 aromatic heterocycles. The van der Waals surface area contributed by atoms with Crippen LogP contribution in [0.5, 0.6) is 0 Å². The van der Waals surface area contributed by atoms with Gasteiger partial charge in [-0.2, -0.15) is 0 Å². The fraction of sp³-hybridized carbons (Fsp3) is 0.296. The number of nitrogens with one attached hydrogen (secondary N) is 1. The van der Waals surface area contributed by atoms with Gasteiger partial charge in [-0.1, -0.05) is 59.7 Å². The van der Waals surface area contributed by atoms with E-state index in [-0.39, 0.29) is 23.4 Å². The molecule has 1 N–H and O–H groups in total. The van der Waals surface area contributed by atoms with E-state index in [4.69, 9.17) is 0 Å². The van der Waals surface area contributed by atoms with Gasteiger partial charge in [0.25, 0.3) is 10.0 Å². The third kappa shape index (κ3) is 4.96. The standard InChI is InChI=1S/C27H30N2O3S/c1-19-11-14-23(15-12-19)33(31,32)29(26-16-13-20(2)17-21(26)3)18-27(30)28-25-10-6-8-22-7-4-5-9-24(22)25/h4-5,7,9,11-17,25H,6,8,10,18H2,1-3H3,(H,28,30)/t25-/m1/s1. The molecule has 172 valence electrons. The van der Waals surface area contributed by atoms with Gasteiger partial charge in [0, 0.05) is 0 Å². The van der Waals surface area contributed by atoms with Crippen LogP contribution in [-0.4, -0.2) is 20.9 Å². The van der Waals surface area contributed by atoms with E-state index >= 15 is 0 Å². The Hall–Kier alpha value is -3.12. The third-order valence-corrected chi connectivity index (χ3v) is 8.00. The second-order valence-corrected chi connectivity index (χ2v) is 10.7. The molecule has 0 heterocycles. The normalized spacial score (nSPS) is 15.5. The molecule has 4 rings (SSSR count). The van der Waals surface area contributed by atoms with E-state index in [0.29, 0.717) is 5.69 Å². The Morgan fingerprint density at radius 2 is 1.67 bits per heavy atom. The van der Waals surface area contributed by atoms with Crippen molar-refractivity contribution in [2.24, 2.45) is 0 Å². The Morgan fingerprint density at radius 1 is 0.970 bits per heavy atom. The monoisotopic (exact) mass is 462 g/mol. The molecule has 33 heavy (non-hydrogen) atoms. The Morgan fingerprint density at radius 3 is 2.39 bits per heavy atom. The lowest BCUT2D eigenvalue weighted by molar-refractivity contribution is -0.120. The van der Waals surface area contributed by atoms with Gasteiger partial charge in [0.2, 0.25) is 5.91 Å². The molecular formula is C27H30N2O3S. The molecule has 1 amide bonds. The fourth-order valence-electron chi connectivity index (χ4n) is 4.50. The number of carbonyl (C=O) groups is 1. The van der Waals surface area contributed by atoms with Crippen molar-refractivity contribution in [2.75, 3.05) is 10.8 Å². The minimum atomic E-state index is -3.93. The maximum Gasteiger partial charge on any atom is 0.264 e. The molecule has 0 spiro atoms. The molecular weight excluding hydrogens is 432 g/mol. The van der Waals surface area contributed by atoms with Crippen LogP contribution < -0.4 is 9.62 Å². The summed E-state index contributed by atoms with van der Waals surface area (Å²) in [7, 11) is -3.93. The topological polar surface area (TPSA) is 66.5 Å². The maximum atomic E-state index is 13.7. The number of fused-ring (bicyclic) bond motifs is 1. The van der Waals surface area contributed by atoms with E-state index < -0.39 is 10.0 Å². The number of hydrogen-bond donors (Lipinski definition) is 1. The summed E-state index contributed by atoms with van der Waals surface area (Å²) in [6.07, 6.45) is 2.83. The number of aryl methyl sites for hydroxylation is 4. The number of rotatable bonds is 6. The van der Waals surface area contributed by atoms with Crippen LogP contribution in [0.15, 0.2) is 71.6 Å². The van der Waals surface area contributed by atoms with Crippen molar-refractivity contribution in [1.29, 1.82) is 0 Å². The van der Waals surface area contributed by atoms with E-state index in [1.165, 1.54) is 9.87 Å². The van der Waals surface area contributed by atoms with Gasteiger partial charge in [-0.3, -0.25) is 9.10 Å². The van der Waals surface area contributed by atoms with Gasteiger partial charge in [-0.15, -0.1) is 0 Å². The quantitative estimate of drug-likeness (QED) is 0.561. The minimum Gasteiger partial charge on any atom is -0.348 e. The van der Waals surface area contributed by atoms with Crippen molar-refractivity contribution in [3.05, 3.63) is 94.5 Å². The van der Waals surface area contributed by atoms with Crippen molar-refractivity contribution in [2.45, 2.75) is 51.0 Å². The molecule has 1 atom stereocenters. The Bertz CT molecular complexity index is 1270. The van der Waals surface area contributed by atoms with E-state index in [1.807, 2.05) is 51.1 Å². The molecule has 0 fully saturated rings. The summed E-state index contributed by atoms with van der Waals surface area (Å²) in [5, 5.41) is 3.09. The number of hydrogen-bond acceptors (Lipinski definition) is 3. The molecule has 6 heteroatoms. The molecule has 0 saturated heterocycles. The van der Waals surface area contributed by atoms with Gasteiger partial charge in [0.15, 0.2) is 0 Å². The van der Waals surface area contributed by atoms with Crippen LogP contribution in [0.4, 0.5) is 5.69 Å². The van der Waals surface area contributed by atoms with Crippen LogP contribution in [0.1, 0.15) is 46.7 Å². The summed E-state index contributed by atoms with van der Waals surface area (Å²) in [6.45, 7) is 5.46. The summed E-state index contributed by atoms with van der Waals surface area (Å²) < 4.78 is 28.5. The van der Waals surface area contributed by atoms with E-state index in [1.54, 1.807) is 30.3 Å². The lowest BCUT2D eigenvalue weighted by Crippen LogP contribution is -2.42. The molecule has 0 aliphatic heterocycles. The predicted octanol–water partition coefficient (Wildman–Crippen LogP) is 5.00. The average molecular weight is 463 g/mol. The molecule has 0 radical (unpaired) electrons. The van der Waals surface area contributed by atoms with Gasteiger partial charge in [-0.05, 0) is 74.9 Å². The van der Waals surface area contributed by atoms with E-state index in [2.05, 4.69) is 11.4 Å². The van der Waals surface area contributed by atoms with Gasteiger partial charge < -0.3 is 5.32 Å². The van der Waals surface area contributed by atoms with Crippen LogP contribution in [0.2, 0.25) is 0 Å². The first kappa shape index (κ1) is 23.1. The second kappa shape index (κ2) is 9.40. The molecule has 1 aliphatic carbocycles. The highest BCUT2D eigenvalue weighted by Crippen LogP contribution is 2.31. The Balaban J connectivity index is 1.66. The molecule has 1 aliphatic rings. The molecule has 0 saturated carbocycles. The van der Waals surface area contributed by atoms with Crippen LogP contribution in [0.25, 0.3) is 0 Å². The highest BCUT2D eigenvalue weighted by molar-refractivity contribution is 7.92. The van der Waals surface area contributed by atoms with E-state index in [0.717, 1.165) is 41.5 Å². The lowest BCUT2D eigenvalue weighted by Gasteiger charge is -2.29. The summed E-state index contributed by atoms with van der Waals surface area (Å²) in [6, 6.07) is 20.3. The molecule has 0 bridgehead atoms. The SMILES string of the molecule is Cc1ccc(S(=O)(=O)N(CC(=O)N[C@@H]2CCCc3ccccc32)c2ccc(C)cc2C)cc1. The molecule has 3 aromatic rings. The van der Waals surface area contributed by atoms with Crippen molar-refractivity contribution in [1.82, 2.24) is 5.32 Å². The number of carbonyl (C=O) groups excluding carboxylic acids is 1. The fourth-order valence-corrected chi connectivity index (χ4v) is 5.98. The zero-order valence-corrected chi connectivity index (χ0v) is 20.2. The average Bonchev–Trinajstić information content (AvgIpc) is 2.78. The number of sulfonamides is 1. The van der Waals surface area contributed by atoms with Crippen molar-refractivity contribution in [3.63, 3.8) is 0 Å². The van der Waals surface area contributed by atoms with Crippen LogP contribution >= 0.6 is 0 Å². The summed E-state index contributed by atoms with van der Waals surface area (Å²) in [4.78, 5) is 13.4. The van der Waals surface area contributed by atoms with Gasteiger partial charge in [0.05, 0.1) is 16.6 Å². The first-order valence-electron chi connectivity index (χ1n) is 11.3. The maximum absolute atomic E-state index is 13.7. The summed E-state index contributed by atoms with van der Waals surface area (Å²) in [5.74, 6) is -0.313. The first-order valence-corrected chi connectivity index (χ1v) is 12.7. The Labute approximate surface area is 196 Å². The summed E-state index contributed by atoms with van der Waals surface area (Å²) >= 11 is 0. The highest BCUT2D eigenvalue weighted by Gasteiger charge is 2.30. The number of benzene rings is 3. The zero-order chi connectivity index (χ0) is 23.6. The molecule has 5 nitrogen and oxygen atoms in total. The minimum absolute atomic E-state index is 0.106. The highest BCUT2D eigenvalue weighted by atomic mass is 32.2. The smallest absolute Gasteiger partial charge is 0.264 e. The lowest BCUT2D eigenvalue weighted by atomic mass is 9.88. The molecule has 3 aromatic carbocycles. The summed E-state index contributed by atoms with van der Waals surface area (Å²) in [5.41, 5.74) is 5.69. The van der Waals surface area contributed by atoms with Gasteiger partial charge in [-0.25, -0.2) is 8.42 Å². The Kier molecular flexibility index (Phi) is 6.56. The van der Waals surface area contributed by atoms with Crippen molar-refractivity contribution in [3.8, 4) is 0 Å². The third-order valence-electron chi connectivity index (χ3n) is 6.22. The first-order chi connectivity index (χ1) is 15.8. The van der Waals surface area contributed by atoms with Crippen LogP contribution in [-0.2, 0) is 21.2 Å². The van der Waals surface area contributed by atoms with E-state index in [9.17, 15) is 13.2 Å². The second-order valence-electron chi connectivity index (χ2n) is 8.83. The number of amides is 1. The van der Waals surface area contributed by atoms with Crippen LogP contribution in [0, 0.1) is 20.8 Å². The van der Waals surface area contributed by atoms with Crippen LogP contribution in [0.3, 0.4) is 0 Å².